The first-order chi connectivity index (χ1) is 7.96. The lowest BCUT2D eigenvalue weighted by Gasteiger charge is -2.51. The zero-order chi connectivity index (χ0) is 12.6. The van der Waals surface area contributed by atoms with Gasteiger partial charge in [-0.2, -0.15) is 5.10 Å². The Hall–Kier alpha value is -1.56. The molecule has 1 fully saturated rings. The van der Waals surface area contributed by atoms with E-state index in [2.05, 4.69) is 29.4 Å². The molecule has 1 heterocycles. The van der Waals surface area contributed by atoms with Crippen LogP contribution >= 0.6 is 0 Å². The summed E-state index contributed by atoms with van der Waals surface area (Å²) in [6, 6.07) is 0.106. The number of amides is 1. The van der Waals surface area contributed by atoms with Crippen molar-refractivity contribution in [2.75, 3.05) is 12.8 Å². The van der Waals surface area contributed by atoms with Crippen LogP contribution in [0.5, 0.6) is 0 Å². The SMILES string of the molecule is COC1CC(NC(=O)c2cn[nH]c2N)C1(C)C. The van der Waals surface area contributed by atoms with Crippen molar-refractivity contribution in [2.45, 2.75) is 32.4 Å². The fourth-order valence-corrected chi connectivity index (χ4v) is 2.24. The molecule has 17 heavy (non-hydrogen) atoms. The maximum absolute atomic E-state index is 11.9. The van der Waals surface area contributed by atoms with Crippen molar-refractivity contribution < 1.29 is 9.53 Å². The van der Waals surface area contributed by atoms with Gasteiger partial charge in [0.1, 0.15) is 11.4 Å². The predicted octanol–water partition coefficient (Wildman–Crippen LogP) is 0.535. The van der Waals surface area contributed by atoms with Crippen LogP contribution in [0.25, 0.3) is 0 Å². The highest BCUT2D eigenvalue weighted by molar-refractivity contribution is 5.98. The lowest BCUT2D eigenvalue weighted by molar-refractivity contribution is -0.0942. The lowest BCUT2D eigenvalue weighted by Crippen LogP contribution is -2.61. The van der Waals surface area contributed by atoms with Crippen LogP contribution < -0.4 is 11.1 Å². The molecule has 1 aliphatic carbocycles. The molecule has 1 aromatic rings. The second kappa shape index (κ2) is 4.03. The molecule has 0 bridgehead atoms. The molecule has 2 unspecified atom stereocenters. The molecule has 0 aliphatic heterocycles. The topological polar surface area (TPSA) is 93.0 Å². The Morgan fingerprint density at radius 3 is 2.88 bits per heavy atom. The number of methoxy groups -OCH3 is 1. The summed E-state index contributed by atoms with van der Waals surface area (Å²) in [6.45, 7) is 4.16. The average molecular weight is 238 g/mol. The van der Waals surface area contributed by atoms with Gasteiger partial charge in [0, 0.05) is 18.6 Å². The third-order valence-electron chi connectivity index (χ3n) is 3.68. The van der Waals surface area contributed by atoms with Gasteiger partial charge in [-0.3, -0.25) is 9.89 Å². The van der Waals surface area contributed by atoms with E-state index in [-0.39, 0.29) is 23.5 Å². The molecule has 4 N–H and O–H groups in total. The van der Waals surface area contributed by atoms with E-state index in [9.17, 15) is 4.79 Å². The van der Waals surface area contributed by atoms with E-state index < -0.39 is 0 Å². The number of carbonyl (C=O) groups excluding carboxylic acids is 1. The van der Waals surface area contributed by atoms with E-state index in [0.717, 1.165) is 6.42 Å². The predicted molar refractivity (Wildman–Crippen MR) is 63.4 cm³/mol. The van der Waals surface area contributed by atoms with Crippen molar-refractivity contribution in [3.63, 3.8) is 0 Å². The second-order valence-electron chi connectivity index (χ2n) is 5.00. The van der Waals surface area contributed by atoms with Gasteiger partial charge in [0.25, 0.3) is 5.91 Å². The van der Waals surface area contributed by atoms with Crippen LogP contribution in [-0.2, 0) is 4.74 Å². The standard InChI is InChI=1S/C11H18N4O2/c1-11(2)7(4-8(11)17-3)14-10(16)6-5-13-15-9(6)12/h5,7-8H,4H2,1-3H3,(H,14,16)(H3,12,13,15). The van der Waals surface area contributed by atoms with Crippen molar-refractivity contribution in [1.82, 2.24) is 15.5 Å². The number of rotatable bonds is 3. The monoisotopic (exact) mass is 238 g/mol. The van der Waals surface area contributed by atoms with E-state index in [4.69, 9.17) is 10.5 Å². The number of anilines is 1. The number of hydrogen-bond donors (Lipinski definition) is 3. The zero-order valence-corrected chi connectivity index (χ0v) is 10.3. The number of hydrogen-bond acceptors (Lipinski definition) is 4. The number of nitrogens with one attached hydrogen (secondary N) is 2. The van der Waals surface area contributed by atoms with E-state index in [0.29, 0.717) is 11.4 Å². The van der Waals surface area contributed by atoms with Gasteiger partial charge in [-0.1, -0.05) is 13.8 Å². The number of ether oxygens (including phenoxy) is 1. The van der Waals surface area contributed by atoms with E-state index >= 15 is 0 Å². The van der Waals surface area contributed by atoms with E-state index in [1.165, 1.54) is 6.20 Å². The first-order valence-electron chi connectivity index (χ1n) is 5.59. The van der Waals surface area contributed by atoms with Crippen LogP contribution in [0.3, 0.4) is 0 Å². The first kappa shape index (κ1) is 11.9. The first-order valence-corrected chi connectivity index (χ1v) is 5.59. The summed E-state index contributed by atoms with van der Waals surface area (Å²) in [5.74, 6) is 0.104. The second-order valence-corrected chi connectivity index (χ2v) is 5.00. The summed E-state index contributed by atoms with van der Waals surface area (Å²) >= 11 is 0. The van der Waals surface area contributed by atoms with Crippen LogP contribution in [0.2, 0.25) is 0 Å². The van der Waals surface area contributed by atoms with Gasteiger partial charge in [-0.25, -0.2) is 0 Å². The molecular formula is C11H18N4O2. The summed E-state index contributed by atoms with van der Waals surface area (Å²) in [4.78, 5) is 11.9. The Balaban J connectivity index is 2.00. The molecule has 0 saturated heterocycles. The minimum atomic E-state index is -0.191. The van der Waals surface area contributed by atoms with Crippen molar-refractivity contribution in [3.8, 4) is 0 Å². The summed E-state index contributed by atoms with van der Waals surface area (Å²) in [6.07, 6.45) is 2.45. The Labute approximate surface area is 99.9 Å². The van der Waals surface area contributed by atoms with Gasteiger partial charge in [0.2, 0.25) is 0 Å². The highest BCUT2D eigenvalue weighted by atomic mass is 16.5. The highest BCUT2D eigenvalue weighted by Crippen LogP contribution is 2.42. The van der Waals surface area contributed by atoms with Gasteiger partial charge < -0.3 is 15.8 Å². The maximum Gasteiger partial charge on any atom is 0.256 e. The van der Waals surface area contributed by atoms with E-state index in [1.54, 1.807) is 7.11 Å². The van der Waals surface area contributed by atoms with Crippen LogP contribution in [0.15, 0.2) is 6.20 Å². The third-order valence-corrected chi connectivity index (χ3v) is 3.68. The Bertz CT molecular complexity index is 427. The highest BCUT2D eigenvalue weighted by Gasteiger charge is 2.49. The number of carbonyl (C=O) groups is 1. The largest absolute Gasteiger partial charge is 0.383 e. The zero-order valence-electron chi connectivity index (χ0n) is 10.3. The van der Waals surface area contributed by atoms with Gasteiger partial charge in [0.15, 0.2) is 0 Å². The van der Waals surface area contributed by atoms with Gasteiger partial charge in [-0.05, 0) is 6.42 Å². The lowest BCUT2D eigenvalue weighted by atomic mass is 9.64. The van der Waals surface area contributed by atoms with Crippen LogP contribution in [0, 0.1) is 5.41 Å². The number of nitrogen functional groups attached to an aromatic ring is 1. The fourth-order valence-electron chi connectivity index (χ4n) is 2.24. The van der Waals surface area contributed by atoms with Crippen molar-refractivity contribution in [3.05, 3.63) is 11.8 Å². The summed E-state index contributed by atoms with van der Waals surface area (Å²) in [5.41, 5.74) is 5.93. The third kappa shape index (κ3) is 1.88. The molecule has 1 aliphatic rings. The molecule has 1 amide bonds. The molecule has 0 radical (unpaired) electrons. The molecular weight excluding hydrogens is 220 g/mol. The molecule has 1 saturated carbocycles. The average Bonchev–Trinajstić information content (AvgIpc) is 2.69. The van der Waals surface area contributed by atoms with Crippen LogP contribution in [0.4, 0.5) is 5.82 Å². The molecule has 94 valence electrons. The number of nitrogens with zero attached hydrogens (tertiary/aromatic N) is 1. The molecule has 2 atom stereocenters. The number of aromatic amines is 1. The number of nitrogens with two attached hydrogens (primary N) is 1. The Kier molecular flexibility index (Phi) is 2.82. The van der Waals surface area contributed by atoms with Crippen molar-refractivity contribution >= 4 is 11.7 Å². The van der Waals surface area contributed by atoms with E-state index in [1.807, 2.05) is 0 Å². The number of H-pyrrole nitrogens is 1. The Morgan fingerprint density at radius 2 is 2.41 bits per heavy atom. The minimum Gasteiger partial charge on any atom is -0.383 e. The molecule has 6 nitrogen and oxygen atoms in total. The number of aromatic nitrogens is 2. The van der Waals surface area contributed by atoms with Crippen molar-refractivity contribution in [1.29, 1.82) is 0 Å². The molecule has 2 rings (SSSR count). The normalized spacial score (nSPS) is 26.3. The maximum atomic E-state index is 11.9. The smallest absolute Gasteiger partial charge is 0.256 e. The molecule has 0 spiro atoms. The minimum absolute atomic E-state index is 0.0527. The summed E-state index contributed by atoms with van der Waals surface area (Å²) < 4.78 is 5.33. The fraction of sp³-hybridized carbons (Fsp3) is 0.636. The molecule has 6 heteroatoms. The van der Waals surface area contributed by atoms with Gasteiger partial charge in [-0.15, -0.1) is 0 Å². The van der Waals surface area contributed by atoms with Crippen molar-refractivity contribution in [2.24, 2.45) is 5.41 Å². The van der Waals surface area contributed by atoms with Crippen LogP contribution in [-0.4, -0.2) is 35.4 Å². The summed E-state index contributed by atoms with van der Waals surface area (Å²) in [5, 5.41) is 9.22. The quantitative estimate of drug-likeness (QED) is 0.716. The van der Waals surface area contributed by atoms with Crippen LogP contribution in [0.1, 0.15) is 30.6 Å². The molecule has 1 aromatic heterocycles. The summed E-state index contributed by atoms with van der Waals surface area (Å²) in [7, 11) is 1.69. The van der Waals surface area contributed by atoms with Gasteiger partial charge in [0.05, 0.1) is 12.3 Å². The van der Waals surface area contributed by atoms with Gasteiger partial charge >= 0.3 is 0 Å². The Morgan fingerprint density at radius 1 is 1.71 bits per heavy atom. The molecule has 0 aromatic carbocycles.